The number of benzene rings is 1. The lowest BCUT2D eigenvalue weighted by atomic mass is 10.0. The fraction of sp³-hybridized carbons (Fsp3) is 0.417. The van der Waals surface area contributed by atoms with E-state index in [-0.39, 0.29) is 30.4 Å². The van der Waals surface area contributed by atoms with Crippen molar-refractivity contribution in [1.82, 2.24) is 10.2 Å². The van der Waals surface area contributed by atoms with E-state index in [1.54, 1.807) is 24.4 Å². The number of hydrogen-bond acceptors (Lipinski definition) is 8. The number of rotatable bonds is 7. The predicted molar refractivity (Wildman–Crippen MR) is 131 cm³/mol. The monoisotopic (exact) mass is 484 g/mol. The number of fused-ring (bicyclic) bond motifs is 1. The molecule has 0 bridgehead atoms. The van der Waals surface area contributed by atoms with E-state index in [0.717, 1.165) is 6.21 Å². The minimum absolute atomic E-state index is 0.0437. The van der Waals surface area contributed by atoms with Gasteiger partial charge in [-0.1, -0.05) is 0 Å². The van der Waals surface area contributed by atoms with Crippen molar-refractivity contribution in [2.24, 2.45) is 4.99 Å². The first-order valence-electron chi connectivity index (χ1n) is 11.4. The number of allylic oxidation sites excluding steroid dienone is 1. The number of carbonyl (C=O) groups is 2. The smallest absolute Gasteiger partial charge is 0.261 e. The SMILES string of the molecule is CC(C)(O)[C@H](F)CN1Cc2cc(NC(=O)/C(C=N)=C3\N=CC=CN3)c(N3CCOCC3)cc2C1=O. The van der Waals surface area contributed by atoms with Crippen molar-refractivity contribution in [3.05, 3.63) is 46.9 Å². The van der Waals surface area contributed by atoms with Gasteiger partial charge in [0, 0.05) is 43.8 Å². The maximum Gasteiger partial charge on any atom is 0.261 e. The molecule has 0 spiro atoms. The summed E-state index contributed by atoms with van der Waals surface area (Å²) in [5.41, 5.74) is 0.660. The molecule has 0 aliphatic carbocycles. The van der Waals surface area contributed by atoms with Crippen LogP contribution >= 0.6 is 0 Å². The van der Waals surface area contributed by atoms with Gasteiger partial charge in [-0.3, -0.25) is 9.59 Å². The highest BCUT2D eigenvalue weighted by atomic mass is 19.1. The van der Waals surface area contributed by atoms with E-state index in [1.165, 1.54) is 25.0 Å². The molecule has 1 saturated heterocycles. The average molecular weight is 485 g/mol. The second-order valence-corrected chi connectivity index (χ2v) is 9.08. The number of ether oxygens (including phenoxy) is 1. The lowest BCUT2D eigenvalue weighted by Crippen LogP contribution is -2.42. The second-order valence-electron chi connectivity index (χ2n) is 9.08. The first kappa shape index (κ1) is 24.6. The Morgan fingerprint density at radius 1 is 1.40 bits per heavy atom. The van der Waals surface area contributed by atoms with Crippen LogP contribution < -0.4 is 15.5 Å². The molecule has 1 atom stereocenters. The lowest BCUT2D eigenvalue weighted by molar-refractivity contribution is -0.112. The van der Waals surface area contributed by atoms with E-state index in [4.69, 9.17) is 10.1 Å². The summed E-state index contributed by atoms with van der Waals surface area (Å²) < 4.78 is 20.0. The summed E-state index contributed by atoms with van der Waals surface area (Å²) in [7, 11) is 0. The third-order valence-corrected chi connectivity index (χ3v) is 6.10. The maximum atomic E-state index is 14.5. The number of amides is 2. The Morgan fingerprint density at radius 2 is 2.14 bits per heavy atom. The fourth-order valence-electron chi connectivity index (χ4n) is 4.04. The third kappa shape index (κ3) is 5.25. The highest BCUT2D eigenvalue weighted by Crippen LogP contribution is 2.35. The van der Waals surface area contributed by atoms with Crippen molar-refractivity contribution in [3.63, 3.8) is 0 Å². The molecular weight excluding hydrogens is 455 g/mol. The van der Waals surface area contributed by atoms with Gasteiger partial charge in [0.15, 0.2) is 0 Å². The highest BCUT2D eigenvalue weighted by molar-refractivity contribution is 6.18. The van der Waals surface area contributed by atoms with Crippen LogP contribution in [0.3, 0.4) is 0 Å². The molecule has 186 valence electrons. The van der Waals surface area contributed by atoms with Gasteiger partial charge >= 0.3 is 0 Å². The highest BCUT2D eigenvalue weighted by Gasteiger charge is 2.35. The van der Waals surface area contributed by atoms with Crippen LogP contribution in [-0.2, 0) is 16.1 Å². The molecule has 3 aliphatic heterocycles. The lowest BCUT2D eigenvalue weighted by Gasteiger charge is -2.31. The Hall–Kier alpha value is -3.57. The van der Waals surface area contributed by atoms with Gasteiger partial charge in [0.2, 0.25) is 0 Å². The molecule has 0 aromatic heterocycles. The Morgan fingerprint density at radius 3 is 2.77 bits per heavy atom. The molecule has 4 N–H and O–H groups in total. The van der Waals surface area contributed by atoms with Gasteiger partial charge in [0.05, 0.1) is 42.3 Å². The number of hydrogen-bond donors (Lipinski definition) is 4. The number of alkyl halides is 1. The summed E-state index contributed by atoms with van der Waals surface area (Å²) in [6, 6.07) is 3.43. The van der Waals surface area contributed by atoms with Gasteiger partial charge in [-0.15, -0.1) is 0 Å². The minimum atomic E-state index is -1.61. The van der Waals surface area contributed by atoms with E-state index >= 15 is 0 Å². The van der Waals surface area contributed by atoms with Gasteiger partial charge in [-0.25, -0.2) is 9.38 Å². The number of nitrogens with zero attached hydrogens (tertiary/aromatic N) is 3. The molecule has 3 heterocycles. The number of morpholine rings is 1. The van der Waals surface area contributed by atoms with Gasteiger partial charge in [0.1, 0.15) is 12.0 Å². The topological polar surface area (TPSA) is 130 Å². The van der Waals surface area contributed by atoms with Crippen molar-refractivity contribution < 1.29 is 23.8 Å². The van der Waals surface area contributed by atoms with E-state index in [0.29, 0.717) is 48.8 Å². The number of aliphatic imine (C=N–C) groups is 1. The Kier molecular flexibility index (Phi) is 6.99. The molecule has 1 fully saturated rings. The summed E-state index contributed by atoms with van der Waals surface area (Å²) >= 11 is 0. The average Bonchev–Trinajstić information content (AvgIpc) is 3.13. The summed E-state index contributed by atoms with van der Waals surface area (Å²) in [5.74, 6) is -0.610. The Balaban J connectivity index is 1.66. The van der Waals surface area contributed by atoms with E-state index < -0.39 is 17.7 Å². The quantitative estimate of drug-likeness (QED) is 0.343. The molecular formula is C24H29FN6O4. The first-order valence-corrected chi connectivity index (χ1v) is 11.4. The van der Waals surface area contributed by atoms with Crippen molar-refractivity contribution in [2.75, 3.05) is 43.1 Å². The molecule has 10 nitrogen and oxygen atoms in total. The normalized spacial score (nSPS) is 19.8. The predicted octanol–water partition coefficient (Wildman–Crippen LogP) is 1.58. The number of carbonyl (C=O) groups excluding carboxylic acids is 2. The van der Waals surface area contributed by atoms with E-state index in [2.05, 4.69) is 15.6 Å². The van der Waals surface area contributed by atoms with Crippen molar-refractivity contribution >= 4 is 35.6 Å². The van der Waals surface area contributed by atoms with Crippen LogP contribution in [0.5, 0.6) is 0 Å². The molecule has 1 aromatic rings. The first-order chi connectivity index (χ1) is 16.7. The van der Waals surface area contributed by atoms with Crippen LogP contribution in [0, 0.1) is 5.41 Å². The summed E-state index contributed by atoms with van der Waals surface area (Å²) in [5, 5.41) is 23.4. The molecule has 11 heteroatoms. The van der Waals surface area contributed by atoms with Crippen LogP contribution in [0.1, 0.15) is 29.8 Å². The van der Waals surface area contributed by atoms with Crippen molar-refractivity contribution in [3.8, 4) is 0 Å². The standard InChI is InChI=1S/C24H29FN6O4/c1-24(2,34)20(25)14-31-13-15-10-18(29-22(32)17(12-26)21-27-4-3-5-28-21)19(11-16(15)23(31)33)30-6-8-35-9-7-30/h3-5,10-12,20,26-27,34H,6-9,13-14H2,1-2H3,(H,29,32)/b21-17-,26-12?/t20-/m1/s1. The Bertz CT molecular complexity index is 1120. The largest absolute Gasteiger partial charge is 0.387 e. The van der Waals surface area contributed by atoms with Crippen LogP contribution in [-0.4, -0.2) is 78.9 Å². The zero-order chi connectivity index (χ0) is 25.2. The van der Waals surface area contributed by atoms with Crippen LogP contribution in [0.25, 0.3) is 0 Å². The van der Waals surface area contributed by atoms with Gasteiger partial charge in [-0.05, 0) is 37.6 Å². The minimum Gasteiger partial charge on any atom is -0.387 e. The maximum absolute atomic E-state index is 14.5. The number of aliphatic hydroxyl groups is 1. The van der Waals surface area contributed by atoms with Gasteiger partial charge in [0.25, 0.3) is 11.8 Å². The molecule has 0 unspecified atom stereocenters. The molecule has 4 rings (SSSR count). The molecule has 1 aromatic carbocycles. The van der Waals surface area contributed by atoms with Crippen molar-refractivity contribution in [2.45, 2.75) is 32.2 Å². The van der Waals surface area contributed by atoms with E-state index in [1.807, 2.05) is 4.90 Å². The molecule has 3 aliphatic rings. The van der Waals surface area contributed by atoms with Gasteiger partial charge < -0.3 is 35.7 Å². The zero-order valence-electron chi connectivity index (χ0n) is 19.7. The molecule has 35 heavy (non-hydrogen) atoms. The molecule has 2 amide bonds. The number of anilines is 2. The van der Waals surface area contributed by atoms with Gasteiger partial charge in [-0.2, -0.15) is 0 Å². The number of nitrogens with one attached hydrogen (secondary N) is 3. The van der Waals surface area contributed by atoms with Crippen LogP contribution in [0.4, 0.5) is 15.8 Å². The Labute approximate surface area is 202 Å². The van der Waals surface area contributed by atoms with Crippen molar-refractivity contribution in [1.29, 1.82) is 5.41 Å². The summed E-state index contributed by atoms with van der Waals surface area (Å²) in [6.07, 6.45) is 4.11. The fourth-order valence-corrected chi connectivity index (χ4v) is 4.04. The summed E-state index contributed by atoms with van der Waals surface area (Å²) in [6.45, 7) is 4.79. The van der Waals surface area contributed by atoms with Crippen LogP contribution in [0.15, 0.2) is 40.8 Å². The van der Waals surface area contributed by atoms with Crippen LogP contribution in [0.2, 0.25) is 0 Å². The molecule has 0 radical (unpaired) electrons. The van der Waals surface area contributed by atoms with E-state index in [9.17, 15) is 19.1 Å². The zero-order valence-corrected chi connectivity index (χ0v) is 19.7. The third-order valence-electron chi connectivity index (χ3n) is 6.10. The molecule has 0 saturated carbocycles. The number of halogens is 1. The second kappa shape index (κ2) is 9.96. The summed E-state index contributed by atoms with van der Waals surface area (Å²) in [4.78, 5) is 33.7.